The number of aryl methyl sites for hydroxylation is 1. The molecule has 104 valence electrons. The maximum absolute atomic E-state index is 10.9. The van der Waals surface area contributed by atoms with Crippen molar-refractivity contribution in [2.45, 2.75) is 13.5 Å². The van der Waals surface area contributed by atoms with Crippen molar-refractivity contribution in [3.05, 3.63) is 63.7 Å². The van der Waals surface area contributed by atoms with E-state index in [1.54, 1.807) is 6.07 Å². The quantitative estimate of drug-likeness (QED) is 0.527. The average molecular weight is 271 g/mol. The largest absolute Gasteiger partial charge is 0.393 e. The van der Waals surface area contributed by atoms with Gasteiger partial charge in [-0.25, -0.2) is 0 Å². The van der Waals surface area contributed by atoms with Gasteiger partial charge in [0.1, 0.15) is 5.69 Å². The molecule has 5 heteroatoms. The van der Waals surface area contributed by atoms with Crippen LogP contribution in [0.4, 0.5) is 17.1 Å². The van der Waals surface area contributed by atoms with E-state index < -0.39 is 4.92 Å². The zero-order valence-corrected chi connectivity index (χ0v) is 11.5. The van der Waals surface area contributed by atoms with E-state index in [4.69, 9.17) is 5.73 Å². The van der Waals surface area contributed by atoms with E-state index in [0.717, 1.165) is 16.8 Å². The fourth-order valence-corrected chi connectivity index (χ4v) is 2.23. The number of nitrogens with two attached hydrogens (primary N) is 1. The summed E-state index contributed by atoms with van der Waals surface area (Å²) in [6.07, 6.45) is 0. The third-order valence-electron chi connectivity index (χ3n) is 3.30. The number of nitro benzene ring substituents is 1. The summed E-state index contributed by atoms with van der Waals surface area (Å²) in [5.74, 6) is 0. The van der Waals surface area contributed by atoms with Gasteiger partial charge in [0.25, 0.3) is 5.69 Å². The van der Waals surface area contributed by atoms with Gasteiger partial charge in [0, 0.05) is 30.9 Å². The van der Waals surface area contributed by atoms with E-state index >= 15 is 0 Å². The molecule has 0 saturated heterocycles. The summed E-state index contributed by atoms with van der Waals surface area (Å²) in [6.45, 7) is 2.56. The summed E-state index contributed by atoms with van der Waals surface area (Å²) in [6, 6.07) is 12.9. The molecule has 0 radical (unpaired) electrons. The van der Waals surface area contributed by atoms with Crippen molar-refractivity contribution in [2.24, 2.45) is 0 Å². The lowest BCUT2D eigenvalue weighted by atomic mass is 10.1. The molecule has 2 aromatic rings. The van der Waals surface area contributed by atoms with Crippen LogP contribution in [0.2, 0.25) is 0 Å². The molecule has 0 spiro atoms. The van der Waals surface area contributed by atoms with Gasteiger partial charge >= 0.3 is 0 Å². The van der Waals surface area contributed by atoms with Crippen molar-refractivity contribution in [1.29, 1.82) is 0 Å². The molecule has 2 aromatic carbocycles. The predicted molar refractivity (Wildman–Crippen MR) is 80.8 cm³/mol. The van der Waals surface area contributed by atoms with E-state index in [1.165, 1.54) is 6.07 Å². The lowest BCUT2D eigenvalue weighted by Gasteiger charge is -2.22. The van der Waals surface area contributed by atoms with Crippen LogP contribution in [-0.2, 0) is 6.54 Å². The summed E-state index contributed by atoms with van der Waals surface area (Å²) < 4.78 is 0. The van der Waals surface area contributed by atoms with Crippen LogP contribution in [-0.4, -0.2) is 12.0 Å². The van der Waals surface area contributed by atoms with Gasteiger partial charge in [0.2, 0.25) is 0 Å². The van der Waals surface area contributed by atoms with Gasteiger partial charge < -0.3 is 10.6 Å². The Balaban J connectivity index is 2.29. The number of hydrogen-bond donors (Lipinski definition) is 1. The van der Waals surface area contributed by atoms with E-state index in [-0.39, 0.29) is 11.4 Å². The van der Waals surface area contributed by atoms with Crippen molar-refractivity contribution in [1.82, 2.24) is 0 Å². The Labute approximate surface area is 117 Å². The molecular weight excluding hydrogens is 254 g/mol. The van der Waals surface area contributed by atoms with Gasteiger partial charge in [-0.1, -0.05) is 30.3 Å². The number of rotatable bonds is 4. The molecule has 0 aliphatic heterocycles. The highest BCUT2D eigenvalue weighted by atomic mass is 16.6. The van der Waals surface area contributed by atoms with Crippen molar-refractivity contribution in [3.63, 3.8) is 0 Å². The minimum atomic E-state index is -0.452. The third-order valence-corrected chi connectivity index (χ3v) is 3.30. The van der Waals surface area contributed by atoms with E-state index in [9.17, 15) is 10.1 Å². The summed E-state index contributed by atoms with van der Waals surface area (Å²) >= 11 is 0. The maximum Gasteiger partial charge on any atom is 0.292 e. The van der Waals surface area contributed by atoms with Gasteiger partial charge in [-0.3, -0.25) is 10.1 Å². The van der Waals surface area contributed by atoms with Crippen LogP contribution in [0.15, 0.2) is 42.5 Å². The molecule has 20 heavy (non-hydrogen) atoms. The van der Waals surface area contributed by atoms with E-state index in [0.29, 0.717) is 6.54 Å². The first kappa shape index (κ1) is 13.9. The number of nitro groups is 1. The van der Waals surface area contributed by atoms with Crippen molar-refractivity contribution in [3.8, 4) is 0 Å². The first-order valence-corrected chi connectivity index (χ1v) is 6.29. The second-order valence-corrected chi connectivity index (χ2v) is 4.75. The highest BCUT2D eigenvalue weighted by Gasteiger charge is 2.15. The Morgan fingerprint density at radius 2 is 1.90 bits per heavy atom. The topological polar surface area (TPSA) is 72.4 Å². The molecule has 0 aliphatic rings. The first-order chi connectivity index (χ1) is 9.50. The normalized spacial score (nSPS) is 10.3. The molecule has 2 N–H and O–H groups in total. The van der Waals surface area contributed by atoms with Gasteiger partial charge in [0.05, 0.1) is 4.92 Å². The zero-order valence-electron chi connectivity index (χ0n) is 11.5. The number of para-hydroxylation sites is 2. The van der Waals surface area contributed by atoms with Crippen LogP contribution in [0.3, 0.4) is 0 Å². The molecule has 0 heterocycles. The molecule has 5 nitrogen and oxygen atoms in total. The van der Waals surface area contributed by atoms with E-state index in [2.05, 4.69) is 0 Å². The van der Waals surface area contributed by atoms with Crippen LogP contribution in [0.25, 0.3) is 0 Å². The molecule has 0 amide bonds. The van der Waals surface area contributed by atoms with E-state index in [1.807, 2.05) is 49.2 Å². The maximum atomic E-state index is 10.9. The lowest BCUT2D eigenvalue weighted by Crippen LogP contribution is -2.18. The fourth-order valence-electron chi connectivity index (χ4n) is 2.23. The smallest absolute Gasteiger partial charge is 0.292 e. The molecule has 0 aliphatic carbocycles. The van der Waals surface area contributed by atoms with Crippen molar-refractivity contribution >= 4 is 17.1 Å². The average Bonchev–Trinajstić information content (AvgIpc) is 2.41. The number of nitrogen functional groups attached to an aromatic ring is 1. The van der Waals surface area contributed by atoms with Gasteiger partial charge in [-0.05, 0) is 18.6 Å². The molecule has 0 atom stereocenters. The van der Waals surface area contributed by atoms with Crippen LogP contribution >= 0.6 is 0 Å². The predicted octanol–water partition coefficient (Wildman–Crippen LogP) is 3.12. The molecular formula is C15H17N3O2. The lowest BCUT2D eigenvalue weighted by molar-refractivity contribution is -0.383. The van der Waals surface area contributed by atoms with Crippen molar-refractivity contribution in [2.75, 3.05) is 17.7 Å². The second kappa shape index (κ2) is 5.61. The molecule has 0 unspecified atom stereocenters. The molecule has 0 aromatic heterocycles. The highest BCUT2D eigenvalue weighted by molar-refractivity contribution is 5.64. The Hall–Kier alpha value is -2.56. The number of anilines is 2. The number of hydrogen-bond acceptors (Lipinski definition) is 4. The van der Waals surface area contributed by atoms with Gasteiger partial charge in [-0.15, -0.1) is 0 Å². The molecule has 0 saturated carbocycles. The number of benzene rings is 2. The SMILES string of the molecule is Cc1ccccc1N(C)Cc1cccc([N+](=O)[O-])c1N. The summed E-state index contributed by atoms with van der Waals surface area (Å²) in [5, 5.41) is 10.9. The van der Waals surface area contributed by atoms with Crippen LogP contribution in [0, 0.1) is 17.0 Å². The minimum Gasteiger partial charge on any atom is -0.393 e. The highest BCUT2D eigenvalue weighted by Crippen LogP contribution is 2.27. The Kier molecular flexibility index (Phi) is 3.89. The standard InChI is InChI=1S/C15H17N3O2/c1-11-6-3-4-8-13(11)17(2)10-12-7-5-9-14(15(12)16)18(19)20/h3-9H,10,16H2,1-2H3. The fraction of sp³-hybridized carbons (Fsp3) is 0.200. The zero-order chi connectivity index (χ0) is 14.7. The summed E-state index contributed by atoms with van der Waals surface area (Å²) in [4.78, 5) is 12.5. The van der Waals surface area contributed by atoms with Gasteiger partial charge in [-0.2, -0.15) is 0 Å². The van der Waals surface area contributed by atoms with Crippen molar-refractivity contribution < 1.29 is 4.92 Å². The monoisotopic (exact) mass is 271 g/mol. The number of nitrogens with zero attached hydrogens (tertiary/aromatic N) is 2. The Morgan fingerprint density at radius 1 is 1.20 bits per heavy atom. The molecule has 2 rings (SSSR count). The first-order valence-electron chi connectivity index (χ1n) is 6.29. The van der Waals surface area contributed by atoms with Crippen LogP contribution < -0.4 is 10.6 Å². The minimum absolute atomic E-state index is 0.0410. The molecule has 0 bridgehead atoms. The van der Waals surface area contributed by atoms with Crippen LogP contribution in [0.5, 0.6) is 0 Å². The Bertz CT molecular complexity index is 641. The van der Waals surface area contributed by atoms with Crippen LogP contribution in [0.1, 0.15) is 11.1 Å². The molecule has 0 fully saturated rings. The summed E-state index contributed by atoms with van der Waals surface area (Å²) in [7, 11) is 1.95. The summed E-state index contributed by atoms with van der Waals surface area (Å²) in [5.41, 5.74) is 9.06. The third kappa shape index (κ3) is 2.71. The van der Waals surface area contributed by atoms with Gasteiger partial charge in [0.15, 0.2) is 0 Å². The second-order valence-electron chi connectivity index (χ2n) is 4.75. The Morgan fingerprint density at radius 3 is 2.55 bits per heavy atom.